The van der Waals surface area contributed by atoms with Gasteiger partial charge in [-0.3, -0.25) is 0 Å². The van der Waals surface area contributed by atoms with Crippen LogP contribution in [-0.2, 0) is 4.74 Å². The van der Waals surface area contributed by atoms with Crippen molar-refractivity contribution < 1.29 is 9.53 Å². The van der Waals surface area contributed by atoms with Crippen molar-refractivity contribution in [3.63, 3.8) is 0 Å². The molecule has 0 amide bonds. The number of ether oxygens (including phenoxy) is 1. The van der Waals surface area contributed by atoms with Crippen molar-refractivity contribution in [2.24, 2.45) is 0 Å². The molecule has 150 valence electrons. The molecular weight excluding hydrogens is 378 g/mol. The fourth-order valence-electron chi connectivity index (χ4n) is 3.38. The molecule has 4 aromatic rings. The van der Waals surface area contributed by atoms with Crippen LogP contribution in [0, 0.1) is 0 Å². The normalized spacial score (nSPS) is 10.6. The number of anilines is 5. The van der Waals surface area contributed by atoms with Crippen LogP contribution in [0.3, 0.4) is 0 Å². The number of nitrogens with zero attached hydrogens (tertiary/aromatic N) is 3. The lowest BCUT2D eigenvalue weighted by Crippen LogP contribution is -2.18. The summed E-state index contributed by atoms with van der Waals surface area (Å²) in [6.45, 7) is 0. The maximum atomic E-state index is 12.2. The molecule has 0 saturated heterocycles. The lowest BCUT2D eigenvalue weighted by atomic mass is 10.1. The first-order valence-electron chi connectivity index (χ1n) is 9.36. The van der Waals surface area contributed by atoms with Gasteiger partial charge in [0.1, 0.15) is 12.0 Å². The first-order valence-corrected chi connectivity index (χ1v) is 9.36. The lowest BCUT2D eigenvalue weighted by molar-refractivity contribution is 0.0601. The number of carbonyl (C=O) groups excluding carboxylic acids is 1. The molecule has 7 nitrogen and oxygen atoms in total. The van der Waals surface area contributed by atoms with Crippen LogP contribution in [0.25, 0.3) is 10.8 Å². The van der Waals surface area contributed by atoms with E-state index in [1.165, 1.54) is 13.4 Å². The average Bonchev–Trinajstić information content (AvgIpc) is 2.79. The van der Waals surface area contributed by atoms with Gasteiger partial charge in [0.2, 0.25) is 0 Å². The van der Waals surface area contributed by atoms with Gasteiger partial charge in [-0.2, -0.15) is 0 Å². The molecule has 0 aliphatic rings. The SMILES string of the molecule is COC(=O)c1ccccc1N(C)c1ncnc(Nc2cccc3ccccc23)c1N. The van der Waals surface area contributed by atoms with Crippen LogP contribution in [0.1, 0.15) is 10.4 Å². The van der Waals surface area contributed by atoms with E-state index in [4.69, 9.17) is 10.5 Å². The standard InChI is InChI=1S/C23H21N5O2/c1-28(19-13-6-5-11-17(19)23(29)30-2)22-20(24)21(25-14-26-22)27-18-12-7-9-15-8-3-4-10-16(15)18/h3-14H,24H2,1-2H3,(H,25,26,27). The highest BCUT2D eigenvalue weighted by Crippen LogP contribution is 2.35. The lowest BCUT2D eigenvalue weighted by Gasteiger charge is -2.23. The number of hydrogen-bond acceptors (Lipinski definition) is 7. The monoisotopic (exact) mass is 399 g/mol. The zero-order valence-electron chi connectivity index (χ0n) is 16.7. The summed E-state index contributed by atoms with van der Waals surface area (Å²) in [5.41, 5.74) is 8.74. The smallest absolute Gasteiger partial charge is 0.339 e. The Hall–Kier alpha value is -4.13. The van der Waals surface area contributed by atoms with Gasteiger partial charge in [-0.05, 0) is 23.6 Å². The van der Waals surface area contributed by atoms with Gasteiger partial charge >= 0.3 is 5.97 Å². The molecule has 4 rings (SSSR count). The fraction of sp³-hybridized carbons (Fsp3) is 0.0870. The van der Waals surface area contributed by atoms with E-state index in [1.807, 2.05) is 54.6 Å². The van der Waals surface area contributed by atoms with E-state index >= 15 is 0 Å². The summed E-state index contributed by atoms with van der Waals surface area (Å²) >= 11 is 0. The van der Waals surface area contributed by atoms with Gasteiger partial charge in [-0.15, -0.1) is 0 Å². The van der Waals surface area contributed by atoms with Crippen molar-refractivity contribution in [2.75, 3.05) is 30.1 Å². The Balaban J connectivity index is 1.73. The van der Waals surface area contributed by atoms with E-state index in [0.717, 1.165) is 16.5 Å². The first-order chi connectivity index (χ1) is 14.6. The van der Waals surface area contributed by atoms with Crippen LogP contribution in [-0.4, -0.2) is 30.1 Å². The van der Waals surface area contributed by atoms with Crippen LogP contribution in [0.2, 0.25) is 0 Å². The van der Waals surface area contributed by atoms with Crippen molar-refractivity contribution in [3.8, 4) is 0 Å². The summed E-state index contributed by atoms with van der Waals surface area (Å²) in [6, 6.07) is 21.2. The molecule has 0 fully saturated rings. The predicted molar refractivity (Wildman–Crippen MR) is 120 cm³/mol. The Labute approximate surface area is 174 Å². The zero-order valence-corrected chi connectivity index (χ0v) is 16.7. The number of hydrogen-bond donors (Lipinski definition) is 2. The van der Waals surface area contributed by atoms with E-state index in [1.54, 1.807) is 24.1 Å². The Morgan fingerprint density at radius 2 is 1.73 bits per heavy atom. The molecular formula is C23H21N5O2. The van der Waals surface area contributed by atoms with Crippen molar-refractivity contribution in [2.45, 2.75) is 0 Å². The summed E-state index contributed by atoms with van der Waals surface area (Å²) < 4.78 is 4.89. The third kappa shape index (κ3) is 3.48. The number of methoxy groups -OCH3 is 1. The van der Waals surface area contributed by atoms with E-state index in [9.17, 15) is 4.79 Å². The Bertz CT molecular complexity index is 1220. The third-order valence-electron chi connectivity index (χ3n) is 4.89. The molecule has 0 radical (unpaired) electrons. The minimum Gasteiger partial charge on any atom is -0.465 e. The molecule has 0 aliphatic heterocycles. The number of esters is 1. The van der Waals surface area contributed by atoms with E-state index in [-0.39, 0.29) is 0 Å². The van der Waals surface area contributed by atoms with E-state index in [2.05, 4.69) is 15.3 Å². The number of aromatic nitrogens is 2. The Kier molecular flexibility index (Phi) is 5.17. The molecule has 0 unspecified atom stereocenters. The van der Waals surface area contributed by atoms with Gasteiger partial charge < -0.3 is 20.7 Å². The van der Waals surface area contributed by atoms with Gasteiger partial charge in [0.15, 0.2) is 11.6 Å². The predicted octanol–water partition coefficient (Wildman–Crippen LogP) is 4.51. The maximum Gasteiger partial charge on any atom is 0.339 e. The number of rotatable bonds is 5. The van der Waals surface area contributed by atoms with E-state index in [0.29, 0.717) is 28.6 Å². The highest BCUT2D eigenvalue weighted by molar-refractivity contribution is 5.98. The van der Waals surface area contributed by atoms with E-state index < -0.39 is 5.97 Å². The first kappa shape index (κ1) is 19.2. The van der Waals surface area contributed by atoms with Gasteiger partial charge in [0, 0.05) is 18.1 Å². The minimum atomic E-state index is -0.431. The molecule has 0 atom stereocenters. The summed E-state index contributed by atoms with van der Waals surface area (Å²) in [5, 5.41) is 5.49. The summed E-state index contributed by atoms with van der Waals surface area (Å²) in [6.07, 6.45) is 1.44. The number of para-hydroxylation sites is 1. The van der Waals surface area contributed by atoms with Crippen molar-refractivity contribution in [1.29, 1.82) is 0 Å². The third-order valence-corrected chi connectivity index (χ3v) is 4.89. The average molecular weight is 399 g/mol. The largest absolute Gasteiger partial charge is 0.465 e. The second-order valence-electron chi connectivity index (χ2n) is 6.68. The number of carbonyl (C=O) groups is 1. The quantitative estimate of drug-likeness (QED) is 0.477. The number of benzene rings is 3. The molecule has 3 aromatic carbocycles. The maximum absolute atomic E-state index is 12.2. The molecule has 0 spiro atoms. The number of fused-ring (bicyclic) bond motifs is 1. The van der Waals surface area contributed by atoms with Crippen LogP contribution < -0.4 is 16.0 Å². The van der Waals surface area contributed by atoms with Crippen molar-refractivity contribution in [1.82, 2.24) is 9.97 Å². The number of nitrogens with one attached hydrogen (secondary N) is 1. The molecule has 3 N–H and O–H groups in total. The van der Waals surface area contributed by atoms with Crippen LogP contribution in [0.4, 0.5) is 28.7 Å². The summed E-state index contributed by atoms with van der Waals surface area (Å²) in [7, 11) is 3.15. The molecule has 7 heteroatoms. The van der Waals surface area contributed by atoms with Gasteiger partial charge in [-0.25, -0.2) is 14.8 Å². The summed E-state index contributed by atoms with van der Waals surface area (Å²) in [4.78, 5) is 22.6. The van der Waals surface area contributed by atoms with Gasteiger partial charge in [-0.1, -0.05) is 48.5 Å². The molecule has 0 aliphatic carbocycles. The van der Waals surface area contributed by atoms with Crippen LogP contribution >= 0.6 is 0 Å². The summed E-state index contributed by atoms with van der Waals surface area (Å²) in [5.74, 6) is 0.530. The zero-order chi connectivity index (χ0) is 21.1. The minimum absolute atomic E-state index is 0.368. The second kappa shape index (κ2) is 8.08. The molecule has 0 bridgehead atoms. The molecule has 1 aromatic heterocycles. The number of nitrogens with two attached hydrogens (primary N) is 1. The van der Waals surface area contributed by atoms with Crippen molar-refractivity contribution in [3.05, 3.63) is 78.6 Å². The van der Waals surface area contributed by atoms with Crippen LogP contribution in [0.15, 0.2) is 73.1 Å². The molecule has 0 saturated carbocycles. The number of nitrogen functional groups attached to an aromatic ring is 1. The van der Waals surface area contributed by atoms with Gasteiger partial charge in [0.25, 0.3) is 0 Å². The Morgan fingerprint density at radius 3 is 2.57 bits per heavy atom. The Morgan fingerprint density at radius 1 is 1.00 bits per heavy atom. The fourth-order valence-corrected chi connectivity index (χ4v) is 3.38. The highest BCUT2D eigenvalue weighted by Gasteiger charge is 2.19. The topological polar surface area (TPSA) is 93.4 Å². The van der Waals surface area contributed by atoms with Crippen LogP contribution in [0.5, 0.6) is 0 Å². The molecule has 1 heterocycles. The van der Waals surface area contributed by atoms with Gasteiger partial charge in [0.05, 0.1) is 18.4 Å². The molecule has 30 heavy (non-hydrogen) atoms. The van der Waals surface area contributed by atoms with Crippen molar-refractivity contribution >= 4 is 45.4 Å². The highest BCUT2D eigenvalue weighted by atomic mass is 16.5. The second-order valence-corrected chi connectivity index (χ2v) is 6.68.